The molecule has 76 valence electrons. The lowest BCUT2D eigenvalue weighted by molar-refractivity contribution is -0.123. The molecule has 1 fully saturated rings. The van der Waals surface area contributed by atoms with Crippen molar-refractivity contribution in [2.45, 2.75) is 31.9 Å². The molecule has 1 aliphatic rings. The lowest BCUT2D eigenvalue weighted by Crippen LogP contribution is -2.37. The van der Waals surface area contributed by atoms with Gasteiger partial charge in [0, 0.05) is 12.6 Å². The van der Waals surface area contributed by atoms with Gasteiger partial charge in [-0.2, -0.15) is 0 Å². The summed E-state index contributed by atoms with van der Waals surface area (Å²) in [6.45, 7) is 3.59. The topological polar surface area (TPSA) is 52.6 Å². The van der Waals surface area contributed by atoms with Gasteiger partial charge in [0.1, 0.15) is 0 Å². The third-order valence-electron chi connectivity index (χ3n) is 2.24. The lowest BCUT2D eigenvalue weighted by Gasteiger charge is -2.13. The molecule has 1 heterocycles. The van der Waals surface area contributed by atoms with E-state index in [9.17, 15) is 4.79 Å². The average molecular weight is 186 g/mol. The van der Waals surface area contributed by atoms with Crippen LogP contribution in [0.3, 0.4) is 0 Å². The van der Waals surface area contributed by atoms with E-state index < -0.39 is 6.10 Å². The highest BCUT2D eigenvalue weighted by Crippen LogP contribution is 2.06. The Morgan fingerprint density at radius 2 is 2.46 bits per heavy atom. The molecule has 1 amide bonds. The van der Waals surface area contributed by atoms with Crippen LogP contribution in [0, 0.1) is 0 Å². The molecule has 0 radical (unpaired) electrons. The Balaban J connectivity index is 2.21. The Labute approximate surface area is 78.9 Å². The Kier molecular flexibility index (Phi) is 3.69. The molecule has 0 aromatic rings. The van der Waals surface area contributed by atoms with E-state index in [0.717, 1.165) is 19.5 Å². The first-order chi connectivity index (χ1) is 6.08. The van der Waals surface area contributed by atoms with Crippen molar-refractivity contribution in [3.63, 3.8) is 0 Å². The summed E-state index contributed by atoms with van der Waals surface area (Å²) in [6.07, 6.45) is 0.682. The summed E-state index contributed by atoms with van der Waals surface area (Å²) in [5.41, 5.74) is 0. The normalized spacial score (nSPS) is 25.9. The van der Waals surface area contributed by atoms with Gasteiger partial charge in [-0.15, -0.1) is 0 Å². The van der Waals surface area contributed by atoms with Crippen molar-refractivity contribution in [3.05, 3.63) is 0 Å². The molecule has 0 spiro atoms. The van der Waals surface area contributed by atoms with Gasteiger partial charge >= 0.3 is 0 Å². The van der Waals surface area contributed by atoms with Crippen LogP contribution >= 0.6 is 0 Å². The van der Waals surface area contributed by atoms with Gasteiger partial charge in [0.2, 0.25) is 5.91 Å². The summed E-state index contributed by atoms with van der Waals surface area (Å²) in [5, 5.41) is 11.9. The molecule has 0 saturated carbocycles. The van der Waals surface area contributed by atoms with Crippen LogP contribution in [0.15, 0.2) is 0 Å². The third kappa shape index (κ3) is 3.74. The molecule has 1 saturated heterocycles. The number of aliphatic hydroxyl groups is 1. The van der Waals surface area contributed by atoms with E-state index in [2.05, 4.69) is 10.2 Å². The third-order valence-corrected chi connectivity index (χ3v) is 2.24. The Bertz CT molecular complexity index is 182. The molecule has 0 aliphatic carbocycles. The van der Waals surface area contributed by atoms with Crippen molar-refractivity contribution in [2.75, 3.05) is 20.1 Å². The molecule has 1 aliphatic heterocycles. The number of hydrogen-bond donors (Lipinski definition) is 2. The molecule has 13 heavy (non-hydrogen) atoms. The number of carbonyl (C=O) groups is 1. The van der Waals surface area contributed by atoms with E-state index >= 15 is 0 Å². The van der Waals surface area contributed by atoms with Gasteiger partial charge in [-0.05, 0) is 26.9 Å². The summed E-state index contributed by atoms with van der Waals surface area (Å²) in [6, 6.07) is 0.274. The fraction of sp³-hybridized carbons (Fsp3) is 0.889. The maximum atomic E-state index is 11.2. The monoisotopic (exact) mass is 186 g/mol. The van der Waals surface area contributed by atoms with Gasteiger partial charge in [0.15, 0.2) is 0 Å². The standard InChI is InChI=1S/C9H18N2O2/c1-7(12)5-9(13)10-8-3-4-11(2)6-8/h7-8,12H,3-6H2,1-2H3,(H,10,13). The van der Waals surface area contributed by atoms with E-state index in [-0.39, 0.29) is 18.4 Å². The van der Waals surface area contributed by atoms with Crippen molar-refractivity contribution >= 4 is 5.91 Å². The van der Waals surface area contributed by atoms with E-state index in [1.54, 1.807) is 6.92 Å². The second kappa shape index (κ2) is 4.58. The van der Waals surface area contributed by atoms with Crippen LogP contribution in [0.2, 0.25) is 0 Å². The van der Waals surface area contributed by atoms with Gasteiger partial charge in [-0.1, -0.05) is 0 Å². The fourth-order valence-corrected chi connectivity index (χ4v) is 1.61. The van der Waals surface area contributed by atoms with Crippen LogP contribution in [-0.2, 0) is 4.79 Å². The Hall–Kier alpha value is -0.610. The van der Waals surface area contributed by atoms with Crippen LogP contribution in [0.5, 0.6) is 0 Å². The number of rotatable bonds is 3. The minimum Gasteiger partial charge on any atom is -0.393 e. The predicted octanol–water partition coefficient (Wildman–Crippen LogP) is -0.422. The number of likely N-dealkylation sites (tertiary alicyclic amines) is 1. The fourth-order valence-electron chi connectivity index (χ4n) is 1.61. The zero-order valence-electron chi connectivity index (χ0n) is 8.29. The van der Waals surface area contributed by atoms with Crippen LogP contribution in [-0.4, -0.2) is 48.2 Å². The van der Waals surface area contributed by atoms with Crippen molar-refractivity contribution in [1.29, 1.82) is 0 Å². The van der Waals surface area contributed by atoms with Crippen molar-refractivity contribution in [2.24, 2.45) is 0 Å². The highest BCUT2D eigenvalue weighted by molar-refractivity contribution is 5.76. The zero-order valence-corrected chi connectivity index (χ0v) is 8.29. The van der Waals surface area contributed by atoms with E-state index in [0.29, 0.717) is 0 Å². The smallest absolute Gasteiger partial charge is 0.222 e. The molecule has 0 bridgehead atoms. The number of carbonyl (C=O) groups excluding carboxylic acids is 1. The van der Waals surface area contributed by atoms with E-state index in [1.165, 1.54) is 0 Å². The molecular formula is C9H18N2O2. The number of aliphatic hydroxyl groups excluding tert-OH is 1. The van der Waals surface area contributed by atoms with Gasteiger partial charge in [-0.3, -0.25) is 4.79 Å². The van der Waals surface area contributed by atoms with Crippen molar-refractivity contribution < 1.29 is 9.90 Å². The summed E-state index contributed by atoms with van der Waals surface area (Å²) in [4.78, 5) is 13.4. The van der Waals surface area contributed by atoms with E-state index in [1.807, 2.05) is 7.05 Å². The molecule has 2 unspecified atom stereocenters. The van der Waals surface area contributed by atoms with Crippen molar-refractivity contribution in [3.8, 4) is 0 Å². The minimum absolute atomic E-state index is 0.0460. The largest absolute Gasteiger partial charge is 0.393 e. The summed E-state index contributed by atoms with van der Waals surface area (Å²) in [5.74, 6) is -0.0460. The SMILES string of the molecule is CC(O)CC(=O)NC1CCN(C)C1. The molecule has 4 nitrogen and oxygen atoms in total. The van der Waals surface area contributed by atoms with E-state index in [4.69, 9.17) is 5.11 Å². The number of nitrogens with zero attached hydrogens (tertiary/aromatic N) is 1. The lowest BCUT2D eigenvalue weighted by atomic mass is 10.2. The minimum atomic E-state index is -0.542. The predicted molar refractivity (Wildman–Crippen MR) is 50.3 cm³/mol. The van der Waals surface area contributed by atoms with Gasteiger partial charge < -0.3 is 15.3 Å². The van der Waals surface area contributed by atoms with Crippen LogP contribution in [0.25, 0.3) is 0 Å². The summed E-state index contributed by atoms with van der Waals surface area (Å²) >= 11 is 0. The van der Waals surface area contributed by atoms with Gasteiger partial charge in [0.05, 0.1) is 12.5 Å². The molecule has 2 N–H and O–H groups in total. The first-order valence-corrected chi connectivity index (χ1v) is 4.74. The maximum absolute atomic E-state index is 11.2. The summed E-state index contributed by atoms with van der Waals surface area (Å²) in [7, 11) is 2.04. The van der Waals surface area contributed by atoms with Crippen LogP contribution in [0.4, 0.5) is 0 Å². The second-order valence-corrected chi connectivity index (χ2v) is 3.87. The molecule has 4 heteroatoms. The molecule has 2 atom stereocenters. The number of hydrogen-bond acceptors (Lipinski definition) is 3. The molecular weight excluding hydrogens is 168 g/mol. The van der Waals surface area contributed by atoms with Gasteiger partial charge in [-0.25, -0.2) is 0 Å². The number of nitrogens with one attached hydrogen (secondary N) is 1. The maximum Gasteiger partial charge on any atom is 0.222 e. The van der Waals surface area contributed by atoms with Crippen molar-refractivity contribution in [1.82, 2.24) is 10.2 Å². The highest BCUT2D eigenvalue weighted by atomic mass is 16.3. The first-order valence-electron chi connectivity index (χ1n) is 4.74. The highest BCUT2D eigenvalue weighted by Gasteiger charge is 2.21. The number of amides is 1. The second-order valence-electron chi connectivity index (χ2n) is 3.87. The quantitative estimate of drug-likeness (QED) is 0.629. The number of likely N-dealkylation sites (N-methyl/N-ethyl adjacent to an activating group) is 1. The molecule has 0 aromatic carbocycles. The Morgan fingerprint density at radius 1 is 1.77 bits per heavy atom. The summed E-state index contributed by atoms with van der Waals surface area (Å²) < 4.78 is 0. The van der Waals surface area contributed by atoms with Crippen LogP contribution < -0.4 is 5.32 Å². The average Bonchev–Trinajstić information content (AvgIpc) is 2.33. The molecule has 1 rings (SSSR count). The Morgan fingerprint density at radius 3 is 2.92 bits per heavy atom. The first kappa shape index (κ1) is 10.5. The molecule has 0 aromatic heterocycles. The van der Waals surface area contributed by atoms with Crippen LogP contribution in [0.1, 0.15) is 19.8 Å². The van der Waals surface area contributed by atoms with Gasteiger partial charge in [0.25, 0.3) is 0 Å². The zero-order chi connectivity index (χ0) is 9.84.